The van der Waals surface area contributed by atoms with Crippen molar-refractivity contribution in [2.24, 2.45) is 34.0 Å². The maximum Gasteiger partial charge on any atom is 0.178 e. The molecule has 4 bridgehead atoms. The number of fused-ring (bicyclic) bond motifs is 3. The molecule has 7 nitrogen and oxygen atoms in total. The Hall–Kier alpha value is -1.83. The van der Waals surface area contributed by atoms with Crippen LogP contribution in [0.25, 0.3) is 0 Å². The monoisotopic (exact) mass is 402 g/mol. The van der Waals surface area contributed by atoms with Crippen LogP contribution in [0.15, 0.2) is 24.0 Å². The van der Waals surface area contributed by atoms with Crippen LogP contribution in [0.4, 0.5) is 0 Å². The molecule has 0 aromatic rings. The van der Waals surface area contributed by atoms with E-state index < -0.39 is 63.9 Å². The van der Waals surface area contributed by atoms with Crippen LogP contribution in [0.3, 0.4) is 0 Å². The Kier molecular flexibility index (Phi) is 3.60. The van der Waals surface area contributed by atoms with Crippen LogP contribution in [-0.2, 0) is 23.9 Å². The Morgan fingerprint density at radius 2 is 1.86 bits per heavy atom. The molecule has 8 atom stereocenters. The molecule has 7 heteroatoms. The second-order valence-electron chi connectivity index (χ2n) is 9.88. The molecule has 6 aliphatic rings. The Bertz CT molecular complexity index is 901. The molecule has 0 aromatic heterocycles. The third kappa shape index (κ3) is 1.72. The second-order valence-corrected chi connectivity index (χ2v) is 9.88. The molecule has 2 saturated heterocycles. The Morgan fingerprint density at radius 3 is 2.52 bits per heavy atom. The summed E-state index contributed by atoms with van der Waals surface area (Å²) in [5.41, 5.74) is -3.26. The van der Waals surface area contributed by atoms with Gasteiger partial charge in [0.1, 0.15) is 11.5 Å². The van der Waals surface area contributed by atoms with Gasteiger partial charge < -0.3 is 19.7 Å². The normalized spacial score (nSPS) is 51.3. The minimum absolute atomic E-state index is 0.0134. The van der Waals surface area contributed by atoms with Gasteiger partial charge >= 0.3 is 0 Å². The standard InChI is InChI=1S/C22H26O7/c1-9-10-5-6-12-21-8-29-19(11(7-28-4)16(21)25)20(2,3)14(21)13(23)18(27)22(12,15(9)24)17(10)26/h7,10,12-14,17,19,23,26H,1,5-6,8H2,2-4H3/b11-7-/t10-,12-,13-,14+,17+,19+,21?,22-/m0/s1. The third-order valence-corrected chi connectivity index (χ3v) is 8.63. The molecule has 0 aromatic carbocycles. The Balaban J connectivity index is 1.81. The molecular formula is C22H26O7. The SMILES string of the molecule is C=C1C(=O)[C@@]23C(=O)[C@@H](O)[C@@H]4C(C)(C)[C@@H]5OCC4(C(=O)/C5=C/OC)[C@@H]2CC[C@@H]1[C@H]3O. The van der Waals surface area contributed by atoms with Gasteiger partial charge in [-0.2, -0.15) is 0 Å². The van der Waals surface area contributed by atoms with Crippen LogP contribution >= 0.6 is 0 Å². The van der Waals surface area contributed by atoms with E-state index in [1.54, 1.807) is 0 Å². The number of rotatable bonds is 1. The predicted octanol–water partition coefficient (Wildman–Crippen LogP) is 0.583. The van der Waals surface area contributed by atoms with E-state index in [0.29, 0.717) is 18.4 Å². The van der Waals surface area contributed by atoms with Crippen LogP contribution in [-0.4, -0.2) is 59.6 Å². The lowest BCUT2D eigenvalue weighted by Crippen LogP contribution is -2.79. The van der Waals surface area contributed by atoms with Gasteiger partial charge in [0.05, 0.1) is 43.2 Å². The number of aliphatic hydroxyl groups is 2. The topological polar surface area (TPSA) is 110 Å². The van der Waals surface area contributed by atoms with E-state index in [4.69, 9.17) is 9.47 Å². The van der Waals surface area contributed by atoms with Crippen molar-refractivity contribution in [2.75, 3.05) is 13.7 Å². The van der Waals surface area contributed by atoms with Crippen molar-refractivity contribution < 1.29 is 34.1 Å². The number of ketones is 3. The van der Waals surface area contributed by atoms with Gasteiger partial charge in [0.15, 0.2) is 17.3 Å². The maximum absolute atomic E-state index is 13.8. The summed E-state index contributed by atoms with van der Waals surface area (Å²) >= 11 is 0. The number of carbonyl (C=O) groups excluding carboxylic acids is 3. The Labute approximate surface area is 168 Å². The number of hydrogen-bond acceptors (Lipinski definition) is 7. The van der Waals surface area contributed by atoms with Crippen molar-refractivity contribution >= 4 is 17.3 Å². The summed E-state index contributed by atoms with van der Waals surface area (Å²) < 4.78 is 11.3. The molecular weight excluding hydrogens is 376 g/mol. The summed E-state index contributed by atoms with van der Waals surface area (Å²) in [6.07, 6.45) is -1.17. The quantitative estimate of drug-likeness (QED) is 0.375. The molecule has 4 saturated carbocycles. The maximum atomic E-state index is 13.8. The molecule has 29 heavy (non-hydrogen) atoms. The first-order chi connectivity index (χ1) is 13.6. The number of ether oxygens (including phenoxy) is 2. The summed E-state index contributed by atoms with van der Waals surface area (Å²) in [6.45, 7) is 7.60. The predicted molar refractivity (Wildman–Crippen MR) is 99.4 cm³/mol. The molecule has 2 spiro atoms. The van der Waals surface area contributed by atoms with Crippen molar-refractivity contribution in [3.63, 3.8) is 0 Å². The van der Waals surface area contributed by atoms with Gasteiger partial charge in [-0.3, -0.25) is 14.4 Å². The van der Waals surface area contributed by atoms with Gasteiger partial charge in [-0.1, -0.05) is 20.4 Å². The average Bonchev–Trinajstić information content (AvgIpc) is 2.77. The minimum Gasteiger partial charge on any atom is -0.504 e. The highest BCUT2D eigenvalue weighted by Gasteiger charge is 2.82. The minimum atomic E-state index is -1.83. The zero-order valence-electron chi connectivity index (χ0n) is 16.8. The fraction of sp³-hybridized carbons (Fsp3) is 0.682. The molecule has 6 rings (SSSR count). The highest BCUT2D eigenvalue weighted by molar-refractivity contribution is 6.21. The number of carbonyl (C=O) groups is 3. The number of Topliss-reactive ketones (excluding diaryl/α,β-unsaturated/α-hetero) is 3. The van der Waals surface area contributed by atoms with Crippen molar-refractivity contribution in [3.8, 4) is 0 Å². The van der Waals surface area contributed by atoms with Gasteiger partial charge in [0.2, 0.25) is 0 Å². The average molecular weight is 402 g/mol. The smallest absolute Gasteiger partial charge is 0.178 e. The molecule has 156 valence electrons. The fourth-order valence-corrected chi connectivity index (χ4v) is 7.68. The molecule has 2 heterocycles. The molecule has 1 unspecified atom stereocenters. The van der Waals surface area contributed by atoms with Crippen LogP contribution < -0.4 is 0 Å². The van der Waals surface area contributed by atoms with Crippen LogP contribution in [0.1, 0.15) is 26.7 Å². The van der Waals surface area contributed by atoms with E-state index in [2.05, 4.69) is 6.58 Å². The highest BCUT2D eigenvalue weighted by atomic mass is 16.5. The van der Waals surface area contributed by atoms with E-state index in [1.807, 2.05) is 13.8 Å². The zero-order valence-corrected chi connectivity index (χ0v) is 16.8. The molecule has 2 N–H and O–H groups in total. The summed E-state index contributed by atoms with van der Waals surface area (Å²) in [5.74, 6) is -3.40. The van der Waals surface area contributed by atoms with Crippen molar-refractivity contribution in [3.05, 3.63) is 24.0 Å². The third-order valence-electron chi connectivity index (χ3n) is 8.63. The van der Waals surface area contributed by atoms with E-state index in [0.717, 1.165) is 0 Å². The van der Waals surface area contributed by atoms with Gasteiger partial charge in [0, 0.05) is 17.3 Å². The first-order valence-corrected chi connectivity index (χ1v) is 10.1. The number of methoxy groups -OCH3 is 1. The van der Waals surface area contributed by atoms with Gasteiger partial charge in [-0.25, -0.2) is 0 Å². The summed E-state index contributed by atoms with van der Waals surface area (Å²) in [5, 5.41) is 22.4. The lowest BCUT2D eigenvalue weighted by atomic mass is 9.37. The van der Waals surface area contributed by atoms with Crippen molar-refractivity contribution in [2.45, 2.75) is 45.0 Å². The summed E-state index contributed by atoms with van der Waals surface area (Å²) in [4.78, 5) is 40.7. The van der Waals surface area contributed by atoms with E-state index in [1.165, 1.54) is 13.4 Å². The van der Waals surface area contributed by atoms with E-state index in [-0.39, 0.29) is 18.0 Å². The number of aliphatic hydroxyl groups excluding tert-OH is 2. The first kappa shape index (κ1) is 19.2. The summed E-state index contributed by atoms with van der Waals surface area (Å²) in [6, 6.07) is 0. The van der Waals surface area contributed by atoms with E-state index in [9.17, 15) is 24.6 Å². The van der Waals surface area contributed by atoms with E-state index >= 15 is 0 Å². The number of hydrogen-bond donors (Lipinski definition) is 2. The second kappa shape index (κ2) is 5.45. The lowest BCUT2D eigenvalue weighted by molar-refractivity contribution is -0.263. The van der Waals surface area contributed by atoms with Crippen molar-refractivity contribution in [1.82, 2.24) is 0 Å². The van der Waals surface area contributed by atoms with Gasteiger partial charge in [-0.15, -0.1) is 0 Å². The molecule has 4 aliphatic carbocycles. The zero-order chi connectivity index (χ0) is 21.1. The Morgan fingerprint density at radius 1 is 1.17 bits per heavy atom. The van der Waals surface area contributed by atoms with Crippen LogP contribution in [0, 0.1) is 34.0 Å². The summed E-state index contributed by atoms with van der Waals surface area (Å²) in [7, 11) is 1.45. The molecule has 2 aliphatic heterocycles. The largest absolute Gasteiger partial charge is 0.504 e. The lowest BCUT2D eigenvalue weighted by Gasteiger charge is -2.68. The van der Waals surface area contributed by atoms with Crippen LogP contribution in [0.2, 0.25) is 0 Å². The van der Waals surface area contributed by atoms with Crippen molar-refractivity contribution in [1.29, 1.82) is 0 Å². The first-order valence-electron chi connectivity index (χ1n) is 10.1. The van der Waals surface area contributed by atoms with Gasteiger partial charge in [-0.05, 0) is 24.3 Å². The van der Waals surface area contributed by atoms with Gasteiger partial charge in [0.25, 0.3) is 0 Å². The van der Waals surface area contributed by atoms with Crippen LogP contribution in [0.5, 0.6) is 0 Å². The molecule has 0 radical (unpaired) electrons. The fourth-order valence-electron chi connectivity index (χ4n) is 7.68. The highest BCUT2D eigenvalue weighted by Crippen LogP contribution is 2.71. The molecule has 0 amide bonds. The molecule has 6 fully saturated rings.